The van der Waals surface area contributed by atoms with Gasteiger partial charge in [0.25, 0.3) is 21.5 Å². The van der Waals surface area contributed by atoms with Gasteiger partial charge in [-0.2, -0.15) is 5.10 Å². The van der Waals surface area contributed by atoms with Gasteiger partial charge < -0.3 is 9.73 Å². The monoisotopic (exact) mass is 508 g/mol. The van der Waals surface area contributed by atoms with E-state index in [-0.39, 0.29) is 10.7 Å². The molecule has 0 saturated carbocycles. The molecule has 3 aromatic heterocycles. The van der Waals surface area contributed by atoms with Gasteiger partial charge in [-0.1, -0.05) is 0 Å². The molecule has 0 aliphatic heterocycles. The number of anilines is 2. The van der Waals surface area contributed by atoms with Crippen LogP contribution in [0.4, 0.5) is 11.5 Å². The van der Waals surface area contributed by atoms with E-state index >= 15 is 0 Å². The Morgan fingerprint density at radius 3 is 2.39 bits per heavy atom. The fourth-order valence-electron chi connectivity index (χ4n) is 3.43. The standard InChI is InChI=1S/C24H24N6O5S/c1-15-14-21(26-16(2)25-15)29-36(33,34)18-9-7-17(8-10-18)27-23(32)24(3,4)30-22(31)12-11-19(28-30)20-6-5-13-35-20/h5-14H,1-4H3,(H,27,32)(H,25,26,29). The summed E-state index contributed by atoms with van der Waals surface area (Å²) in [5.74, 6) is 0.539. The van der Waals surface area contributed by atoms with Gasteiger partial charge >= 0.3 is 0 Å². The zero-order valence-corrected chi connectivity index (χ0v) is 20.8. The summed E-state index contributed by atoms with van der Waals surface area (Å²) in [5, 5.41) is 7.01. The van der Waals surface area contributed by atoms with Crippen molar-refractivity contribution >= 4 is 27.4 Å². The number of nitrogens with zero attached hydrogens (tertiary/aromatic N) is 4. The maximum absolute atomic E-state index is 13.1. The van der Waals surface area contributed by atoms with Crippen molar-refractivity contribution in [1.82, 2.24) is 19.7 Å². The maximum atomic E-state index is 13.1. The Morgan fingerprint density at radius 2 is 1.75 bits per heavy atom. The molecule has 11 nitrogen and oxygen atoms in total. The molecule has 3 heterocycles. The predicted molar refractivity (Wildman–Crippen MR) is 133 cm³/mol. The molecule has 4 aromatic rings. The normalized spacial score (nSPS) is 11.8. The fourth-order valence-corrected chi connectivity index (χ4v) is 4.42. The summed E-state index contributed by atoms with van der Waals surface area (Å²) in [5.41, 5.74) is -0.459. The fraction of sp³-hybridized carbons (Fsp3) is 0.208. The zero-order chi connectivity index (χ0) is 26.1. The largest absolute Gasteiger partial charge is 0.463 e. The highest BCUT2D eigenvalue weighted by atomic mass is 32.2. The Hall–Kier alpha value is -4.32. The van der Waals surface area contributed by atoms with E-state index in [9.17, 15) is 18.0 Å². The molecule has 1 amide bonds. The average molecular weight is 509 g/mol. The van der Waals surface area contributed by atoms with Crippen molar-refractivity contribution in [2.24, 2.45) is 0 Å². The van der Waals surface area contributed by atoms with Crippen LogP contribution in [-0.4, -0.2) is 34.1 Å². The van der Waals surface area contributed by atoms with E-state index in [0.717, 1.165) is 4.68 Å². The van der Waals surface area contributed by atoms with Crippen molar-refractivity contribution < 1.29 is 17.6 Å². The number of carbonyl (C=O) groups excluding carboxylic acids is 1. The number of amides is 1. The van der Waals surface area contributed by atoms with Gasteiger partial charge in [-0.15, -0.1) is 0 Å². The first-order chi connectivity index (χ1) is 17.0. The molecule has 1 aromatic carbocycles. The molecule has 0 fully saturated rings. The molecule has 186 valence electrons. The van der Waals surface area contributed by atoms with Gasteiger partial charge in [-0.25, -0.2) is 23.1 Å². The number of carbonyl (C=O) groups is 1. The number of nitrogens with one attached hydrogen (secondary N) is 2. The zero-order valence-electron chi connectivity index (χ0n) is 20.0. The van der Waals surface area contributed by atoms with Crippen molar-refractivity contribution in [3.63, 3.8) is 0 Å². The molecule has 36 heavy (non-hydrogen) atoms. The molecular weight excluding hydrogens is 484 g/mol. The summed E-state index contributed by atoms with van der Waals surface area (Å²) >= 11 is 0. The van der Waals surface area contributed by atoms with Crippen molar-refractivity contribution in [3.05, 3.63) is 82.7 Å². The van der Waals surface area contributed by atoms with Crippen molar-refractivity contribution in [2.75, 3.05) is 10.0 Å². The van der Waals surface area contributed by atoms with E-state index in [0.29, 0.717) is 28.7 Å². The lowest BCUT2D eigenvalue weighted by Gasteiger charge is -2.25. The summed E-state index contributed by atoms with van der Waals surface area (Å²) in [6.07, 6.45) is 1.49. The second kappa shape index (κ2) is 9.38. The quantitative estimate of drug-likeness (QED) is 0.387. The molecular formula is C24H24N6O5S. The van der Waals surface area contributed by atoms with Gasteiger partial charge in [0.15, 0.2) is 5.76 Å². The third-order valence-electron chi connectivity index (χ3n) is 5.29. The molecule has 0 spiro atoms. The van der Waals surface area contributed by atoms with Gasteiger partial charge in [0.2, 0.25) is 0 Å². The van der Waals surface area contributed by atoms with E-state index in [1.807, 2.05) is 0 Å². The van der Waals surface area contributed by atoms with E-state index in [2.05, 4.69) is 25.1 Å². The van der Waals surface area contributed by atoms with Crippen molar-refractivity contribution in [1.29, 1.82) is 0 Å². The molecule has 0 atom stereocenters. The Labute approximate surface area is 207 Å². The van der Waals surface area contributed by atoms with Crippen LogP contribution >= 0.6 is 0 Å². The van der Waals surface area contributed by atoms with Crippen LogP contribution in [0, 0.1) is 13.8 Å². The first-order valence-electron chi connectivity index (χ1n) is 10.9. The van der Waals surface area contributed by atoms with Crippen LogP contribution in [0.2, 0.25) is 0 Å². The molecule has 4 rings (SSSR count). The highest BCUT2D eigenvalue weighted by Gasteiger charge is 2.32. The molecule has 0 bridgehead atoms. The number of sulfonamides is 1. The lowest BCUT2D eigenvalue weighted by Crippen LogP contribution is -2.47. The van der Waals surface area contributed by atoms with Gasteiger partial charge in [0, 0.05) is 23.5 Å². The smallest absolute Gasteiger partial charge is 0.267 e. The Bertz CT molecular complexity index is 1560. The van der Waals surface area contributed by atoms with Crippen molar-refractivity contribution in [2.45, 2.75) is 38.1 Å². The summed E-state index contributed by atoms with van der Waals surface area (Å²) in [6, 6.07) is 13.4. The molecule has 0 aliphatic rings. The Morgan fingerprint density at radius 1 is 1.03 bits per heavy atom. The second-order valence-corrected chi connectivity index (χ2v) is 10.2. The number of hydrogen-bond donors (Lipinski definition) is 2. The minimum absolute atomic E-state index is 0.0160. The van der Waals surface area contributed by atoms with Gasteiger partial charge in [-0.3, -0.25) is 14.3 Å². The third-order valence-corrected chi connectivity index (χ3v) is 6.66. The molecule has 0 aliphatic carbocycles. The SMILES string of the molecule is Cc1cc(NS(=O)(=O)c2ccc(NC(=O)C(C)(C)n3nc(-c4ccco4)ccc3=O)cc2)nc(C)n1. The van der Waals surface area contributed by atoms with Gasteiger partial charge in [0.1, 0.15) is 22.9 Å². The summed E-state index contributed by atoms with van der Waals surface area (Å²) < 4.78 is 34.3. The van der Waals surface area contributed by atoms with Crippen LogP contribution in [-0.2, 0) is 20.4 Å². The van der Waals surface area contributed by atoms with Crippen LogP contribution < -0.4 is 15.6 Å². The third kappa shape index (κ3) is 5.18. The number of aryl methyl sites for hydroxylation is 2. The first kappa shape index (κ1) is 24.8. The second-order valence-electron chi connectivity index (χ2n) is 8.53. The van der Waals surface area contributed by atoms with Crippen LogP contribution in [0.3, 0.4) is 0 Å². The minimum atomic E-state index is -3.91. The topological polar surface area (TPSA) is 149 Å². The number of rotatable bonds is 7. The lowest BCUT2D eigenvalue weighted by atomic mass is 10.0. The van der Waals surface area contributed by atoms with E-state index in [1.165, 1.54) is 48.7 Å². The molecule has 2 N–H and O–H groups in total. The highest BCUT2D eigenvalue weighted by molar-refractivity contribution is 7.92. The van der Waals surface area contributed by atoms with Gasteiger partial charge in [-0.05, 0) is 70.2 Å². The number of furan rings is 1. The summed E-state index contributed by atoms with van der Waals surface area (Å²) in [6.45, 7) is 6.51. The Kier molecular flexibility index (Phi) is 6.46. The average Bonchev–Trinajstić information content (AvgIpc) is 3.33. The maximum Gasteiger partial charge on any atom is 0.267 e. The van der Waals surface area contributed by atoms with E-state index in [1.54, 1.807) is 39.8 Å². The molecule has 12 heteroatoms. The van der Waals surface area contributed by atoms with Crippen LogP contribution in [0.15, 0.2) is 75.0 Å². The first-order valence-corrected chi connectivity index (χ1v) is 12.4. The molecule has 0 unspecified atom stereocenters. The van der Waals surface area contributed by atoms with Gasteiger partial charge in [0.05, 0.1) is 11.2 Å². The van der Waals surface area contributed by atoms with E-state index in [4.69, 9.17) is 4.42 Å². The minimum Gasteiger partial charge on any atom is -0.463 e. The Balaban J connectivity index is 1.52. The predicted octanol–water partition coefficient (Wildman–Crippen LogP) is 3.08. The summed E-state index contributed by atoms with van der Waals surface area (Å²) in [4.78, 5) is 33.8. The molecule has 0 saturated heterocycles. The highest BCUT2D eigenvalue weighted by Crippen LogP contribution is 2.22. The number of hydrogen-bond acceptors (Lipinski definition) is 8. The van der Waals surface area contributed by atoms with Crippen LogP contribution in [0.1, 0.15) is 25.4 Å². The number of aromatic nitrogens is 4. The van der Waals surface area contributed by atoms with Crippen molar-refractivity contribution in [3.8, 4) is 11.5 Å². The van der Waals surface area contributed by atoms with Crippen LogP contribution in [0.25, 0.3) is 11.5 Å². The number of benzene rings is 1. The molecule has 0 radical (unpaired) electrons. The summed E-state index contributed by atoms with van der Waals surface area (Å²) in [7, 11) is -3.91. The lowest BCUT2D eigenvalue weighted by molar-refractivity contribution is -0.123. The van der Waals surface area contributed by atoms with Crippen LogP contribution in [0.5, 0.6) is 0 Å². The van der Waals surface area contributed by atoms with E-state index < -0.39 is 27.0 Å².